The van der Waals surface area contributed by atoms with Crippen molar-refractivity contribution in [2.75, 3.05) is 13.1 Å². The topological polar surface area (TPSA) is 69.7 Å². The lowest BCUT2D eigenvalue weighted by Crippen LogP contribution is -2.55. The molecule has 2 aromatic carbocycles. The number of nitrogens with one attached hydrogen (secondary N) is 1. The van der Waals surface area contributed by atoms with Crippen LogP contribution >= 0.6 is 11.6 Å². The molecular weight excluding hydrogens is 438 g/mol. The molecular formula is C26H28ClN3O3. The second-order valence-electron chi connectivity index (χ2n) is 9.60. The third-order valence-corrected chi connectivity index (χ3v) is 7.83. The fourth-order valence-corrected chi connectivity index (χ4v) is 5.73. The molecule has 1 N–H and O–H groups in total. The second-order valence-corrected chi connectivity index (χ2v) is 10.0. The molecule has 0 saturated carbocycles. The Balaban J connectivity index is 1.21. The third kappa shape index (κ3) is 4.01. The van der Waals surface area contributed by atoms with Crippen LogP contribution in [-0.4, -0.2) is 52.3 Å². The zero-order valence-corrected chi connectivity index (χ0v) is 19.5. The van der Waals surface area contributed by atoms with Crippen LogP contribution in [0.3, 0.4) is 0 Å². The number of carbonyl (C=O) groups excluding carboxylic acids is 3. The van der Waals surface area contributed by atoms with Gasteiger partial charge in [-0.3, -0.25) is 14.5 Å². The average molecular weight is 466 g/mol. The lowest BCUT2D eigenvalue weighted by atomic mass is 9.78. The Hall–Kier alpha value is -2.86. The zero-order chi connectivity index (χ0) is 23.2. The van der Waals surface area contributed by atoms with E-state index in [1.54, 1.807) is 12.1 Å². The Morgan fingerprint density at radius 1 is 1.03 bits per heavy atom. The molecule has 3 aliphatic rings. The van der Waals surface area contributed by atoms with Crippen molar-refractivity contribution in [2.45, 2.75) is 50.6 Å². The van der Waals surface area contributed by atoms with Gasteiger partial charge in [0.15, 0.2) is 0 Å². The minimum atomic E-state index is -0.919. The molecule has 1 aliphatic carbocycles. The lowest BCUT2D eigenvalue weighted by Gasteiger charge is -2.39. The largest absolute Gasteiger partial charge is 0.342 e. The van der Waals surface area contributed by atoms with Crippen molar-refractivity contribution in [3.05, 3.63) is 70.2 Å². The molecule has 0 unspecified atom stereocenters. The quantitative estimate of drug-likeness (QED) is 0.701. The molecule has 2 aliphatic heterocycles. The number of nitrogens with zero attached hydrogens (tertiary/aromatic N) is 2. The summed E-state index contributed by atoms with van der Waals surface area (Å²) < 4.78 is 0. The number of hydrogen-bond acceptors (Lipinski definition) is 3. The molecule has 6 nitrogen and oxygen atoms in total. The van der Waals surface area contributed by atoms with Gasteiger partial charge in [0.2, 0.25) is 5.91 Å². The van der Waals surface area contributed by atoms with E-state index in [0.29, 0.717) is 50.2 Å². The van der Waals surface area contributed by atoms with Gasteiger partial charge in [0, 0.05) is 24.2 Å². The molecule has 7 heteroatoms. The first-order valence-electron chi connectivity index (χ1n) is 11.6. The summed E-state index contributed by atoms with van der Waals surface area (Å²) in [5.74, 6) is -0.0494. The van der Waals surface area contributed by atoms with Crippen LogP contribution in [-0.2, 0) is 28.9 Å². The summed E-state index contributed by atoms with van der Waals surface area (Å²) in [6.45, 7) is 3.03. The van der Waals surface area contributed by atoms with Crippen LogP contribution in [0.4, 0.5) is 4.79 Å². The molecule has 2 fully saturated rings. The number of carbonyl (C=O) groups is 3. The molecule has 0 bridgehead atoms. The van der Waals surface area contributed by atoms with Crippen LogP contribution in [0.1, 0.15) is 36.5 Å². The van der Waals surface area contributed by atoms with E-state index in [4.69, 9.17) is 11.6 Å². The minimum absolute atomic E-state index is 0.00214. The van der Waals surface area contributed by atoms with Gasteiger partial charge in [-0.2, -0.15) is 0 Å². The van der Waals surface area contributed by atoms with Gasteiger partial charge in [0.25, 0.3) is 5.91 Å². The molecule has 0 aromatic heterocycles. The number of halogens is 1. The molecule has 1 atom stereocenters. The molecule has 2 aromatic rings. The van der Waals surface area contributed by atoms with E-state index < -0.39 is 5.54 Å². The molecule has 2 heterocycles. The predicted octanol–water partition coefficient (Wildman–Crippen LogP) is 3.60. The van der Waals surface area contributed by atoms with Gasteiger partial charge in [-0.1, -0.05) is 48.0 Å². The zero-order valence-electron chi connectivity index (χ0n) is 18.7. The minimum Gasteiger partial charge on any atom is -0.342 e. The summed E-state index contributed by atoms with van der Waals surface area (Å²) in [6, 6.07) is 15.1. The lowest BCUT2D eigenvalue weighted by molar-refractivity contribution is -0.136. The Bertz CT molecular complexity index is 1070. The Labute approximate surface area is 198 Å². The van der Waals surface area contributed by atoms with Gasteiger partial charge in [-0.25, -0.2) is 4.79 Å². The van der Waals surface area contributed by atoms with E-state index in [0.717, 1.165) is 5.56 Å². The maximum Gasteiger partial charge on any atom is 0.325 e. The highest BCUT2D eigenvalue weighted by atomic mass is 35.5. The maximum absolute atomic E-state index is 13.5. The first-order chi connectivity index (χ1) is 15.8. The summed E-state index contributed by atoms with van der Waals surface area (Å²) in [5.41, 5.74) is 2.44. The number of imide groups is 1. The van der Waals surface area contributed by atoms with Crippen LogP contribution < -0.4 is 5.32 Å². The molecule has 0 radical (unpaired) electrons. The van der Waals surface area contributed by atoms with Gasteiger partial charge in [0.05, 0.1) is 6.42 Å². The second kappa shape index (κ2) is 8.49. The molecule has 4 amide bonds. The molecule has 5 rings (SSSR count). The Morgan fingerprint density at radius 2 is 1.64 bits per heavy atom. The Morgan fingerprint density at radius 3 is 2.24 bits per heavy atom. The summed E-state index contributed by atoms with van der Waals surface area (Å²) in [6.07, 6.45) is 3.14. The van der Waals surface area contributed by atoms with Crippen molar-refractivity contribution in [2.24, 2.45) is 5.92 Å². The monoisotopic (exact) mass is 465 g/mol. The summed E-state index contributed by atoms with van der Waals surface area (Å²) >= 11 is 5.93. The summed E-state index contributed by atoms with van der Waals surface area (Å²) in [5, 5.41) is 3.67. The number of likely N-dealkylation sites (tertiary alicyclic amines) is 1. The van der Waals surface area contributed by atoms with Crippen LogP contribution in [0.5, 0.6) is 0 Å². The van der Waals surface area contributed by atoms with E-state index in [-0.39, 0.29) is 29.8 Å². The standard InChI is InChI=1S/C26H28ClN3O3/c1-26(20-10-12-29(13-11-20)23(31)14-17-6-8-21(27)9-7-17)24(32)30(25(33)28-26)22-15-18-4-2-3-5-19(18)16-22/h2-9,20,22H,10-16H2,1H3,(H,28,33)/t26-/m0/s1. The van der Waals surface area contributed by atoms with Crippen molar-refractivity contribution < 1.29 is 14.4 Å². The van der Waals surface area contributed by atoms with Crippen LogP contribution in [0.25, 0.3) is 0 Å². The third-order valence-electron chi connectivity index (χ3n) is 7.58. The van der Waals surface area contributed by atoms with E-state index in [9.17, 15) is 14.4 Å². The van der Waals surface area contributed by atoms with E-state index in [1.165, 1.54) is 16.0 Å². The highest BCUT2D eigenvalue weighted by Gasteiger charge is 2.55. The molecule has 172 valence electrons. The number of amides is 4. The number of hydrogen-bond donors (Lipinski definition) is 1. The van der Waals surface area contributed by atoms with Crippen LogP contribution in [0.15, 0.2) is 48.5 Å². The number of urea groups is 1. The van der Waals surface area contributed by atoms with Crippen molar-refractivity contribution >= 4 is 29.4 Å². The predicted molar refractivity (Wildman–Crippen MR) is 126 cm³/mol. The fourth-order valence-electron chi connectivity index (χ4n) is 5.60. The summed E-state index contributed by atoms with van der Waals surface area (Å²) in [7, 11) is 0. The maximum atomic E-state index is 13.5. The van der Waals surface area contributed by atoms with Crippen LogP contribution in [0, 0.1) is 5.92 Å². The van der Waals surface area contributed by atoms with Crippen molar-refractivity contribution in [1.82, 2.24) is 15.1 Å². The first kappa shape index (κ1) is 22.0. The first-order valence-corrected chi connectivity index (χ1v) is 12.0. The van der Waals surface area contributed by atoms with Gasteiger partial charge in [-0.05, 0) is 67.3 Å². The fraction of sp³-hybridized carbons (Fsp3) is 0.423. The van der Waals surface area contributed by atoms with Crippen molar-refractivity contribution in [1.29, 1.82) is 0 Å². The Kier molecular flexibility index (Phi) is 5.65. The number of rotatable bonds is 4. The number of piperidine rings is 1. The number of benzene rings is 2. The highest BCUT2D eigenvalue weighted by molar-refractivity contribution is 6.30. The van der Waals surface area contributed by atoms with Gasteiger partial charge < -0.3 is 10.2 Å². The average Bonchev–Trinajstić information content (AvgIpc) is 3.33. The van der Waals surface area contributed by atoms with Gasteiger partial charge in [-0.15, -0.1) is 0 Å². The van der Waals surface area contributed by atoms with Gasteiger partial charge >= 0.3 is 6.03 Å². The van der Waals surface area contributed by atoms with Crippen molar-refractivity contribution in [3.8, 4) is 0 Å². The molecule has 33 heavy (non-hydrogen) atoms. The number of fused-ring (bicyclic) bond motifs is 1. The van der Waals surface area contributed by atoms with E-state index >= 15 is 0 Å². The SMILES string of the molecule is C[C@@]1(C2CCN(C(=O)Cc3ccc(Cl)cc3)CC2)NC(=O)N(C2Cc3ccccc3C2)C1=O. The van der Waals surface area contributed by atoms with Gasteiger partial charge in [0.1, 0.15) is 5.54 Å². The highest BCUT2D eigenvalue weighted by Crippen LogP contribution is 2.36. The van der Waals surface area contributed by atoms with E-state index in [2.05, 4.69) is 17.4 Å². The molecule has 0 spiro atoms. The molecule has 2 saturated heterocycles. The smallest absolute Gasteiger partial charge is 0.325 e. The van der Waals surface area contributed by atoms with E-state index in [1.807, 2.05) is 36.1 Å². The summed E-state index contributed by atoms with van der Waals surface area (Å²) in [4.78, 5) is 42.5. The van der Waals surface area contributed by atoms with Crippen LogP contribution in [0.2, 0.25) is 5.02 Å². The normalized spacial score (nSPS) is 23.7. The van der Waals surface area contributed by atoms with Crippen molar-refractivity contribution in [3.63, 3.8) is 0 Å².